The molecule has 1 aromatic heterocycles. The van der Waals surface area contributed by atoms with Crippen LogP contribution in [0.1, 0.15) is 34.9 Å². The van der Waals surface area contributed by atoms with Crippen LogP contribution in [-0.2, 0) is 11.3 Å². The second-order valence-electron chi connectivity index (χ2n) is 6.96. The molecule has 2 aromatic rings. The van der Waals surface area contributed by atoms with Crippen LogP contribution in [-0.4, -0.2) is 30.4 Å². The number of likely N-dealkylation sites (tertiary alicyclic amines) is 1. The highest BCUT2D eigenvalue weighted by Gasteiger charge is 2.22. The van der Waals surface area contributed by atoms with Crippen molar-refractivity contribution in [2.45, 2.75) is 32.4 Å². The van der Waals surface area contributed by atoms with Gasteiger partial charge in [-0.15, -0.1) is 36.2 Å². The number of halogens is 2. The Balaban J connectivity index is 0.00000182. The van der Waals surface area contributed by atoms with Crippen LogP contribution in [0.5, 0.6) is 0 Å². The van der Waals surface area contributed by atoms with Gasteiger partial charge >= 0.3 is 0 Å². The van der Waals surface area contributed by atoms with Crippen molar-refractivity contribution < 1.29 is 4.79 Å². The average molecular weight is 430 g/mol. The number of amides is 1. The summed E-state index contributed by atoms with van der Waals surface area (Å²) in [7, 11) is 0. The van der Waals surface area contributed by atoms with Crippen LogP contribution in [0.3, 0.4) is 0 Å². The van der Waals surface area contributed by atoms with E-state index < -0.39 is 6.04 Å². The van der Waals surface area contributed by atoms with E-state index in [1.54, 1.807) is 0 Å². The molecule has 1 aliphatic heterocycles. The second-order valence-corrected chi connectivity index (χ2v) is 7.99. The molecule has 27 heavy (non-hydrogen) atoms. The summed E-state index contributed by atoms with van der Waals surface area (Å²) in [4.78, 5) is 16.3. The van der Waals surface area contributed by atoms with Crippen molar-refractivity contribution in [3.63, 3.8) is 0 Å². The normalized spacial score (nSPS) is 18.1. The number of nitrogens with two attached hydrogens (primary N) is 1. The van der Waals surface area contributed by atoms with Crippen LogP contribution in [0.2, 0.25) is 0 Å². The predicted molar refractivity (Wildman–Crippen MR) is 118 cm³/mol. The summed E-state index contributed by atoms with van der Waals surface area (Å²) in [6, 6.07) is 11.6. The van der Waals surface area contributed by atoms with Gasteiger partial charge in [0.1, 0.15) is 6.04 Å². The standard InChI is InChI=1S/C20H27N3OS.2ClH/c1-15-6-8-17(9-7-15)19(21)20(24)22-12-16-4-2-10-23(13-16)14-18-5-3-11-25-18;;/h3,5-9,11,16,19H,2,4,10,12-14,21H2,1H3,(H,22,24);2*1H. The monoisotopic (exact) mass is 429 g/mol. The molecule has 2 unspecified atom stereocenters. The average Bonchev–Trinajstić information content (AvgIpc) is 3.13. The molecule has 150 valence electrons. The Morgan fingerprint density at radius 2 is 2.04 bits per heavy atom. The Kier molecular flexibility index (Phi) is 10.3. The molecular weight excluding hydrogens is 401 g/mol. The van der Waals surface area contributed by atoms with Gasteiger partial charge in [0.2, 0.25) is 5.91 Å². The van der Waals surface area contributed by atoms with E-state index in [1.165, 1.54) is 23.3 Å². The maximum Gasteiger partial charge on any atom is 0.241 e. The van der Waals surface area contributed by atoms with Crippen molar-refractivity contribution in [3.8, 4) is 0 Å². The van der Waals surface area contributed by atoms with Crippen LogP contribution in [0.25, 0.3) is 0 Å². The molecule has 2 heterocycles. The third-order valence-electron chi connectivity index (χ3n) is 4.85. The maximum absolute atomic E-state index is 12.4. The molecule has 0 aliphatic carbocycles. The van der Waals surface area contributed by atoms with Gasteiger partial charge in [0, 0.05) is 24.5 Å². The molecule has 1 aliphatic rings. The number of carbonyl (C=O) groups excluding carboxylic acids is 1. The van der Waals surface area contributed by atoms with Crippen LogP contribution >= 0.6 is 36.2 Å². The summed E-state index contributed by atoms with van der Waals surface area (Å²) >= 11 is 1.81. The molecule has 2 atom stereocenters. The van der Waals surface area contributed by atoms with Gasteiger partial charge in [0.05, 0.1) is 0 Å². The lowest BCUT2D eigenvalue weighted by molar-refractivity contribution is -0.122. The number of piperidine rings is 1. The number of hydrogen-bond donors (Lipinski definition) is 2. The fourth-order valence-electron chi connectivity index (χ4n) is 3.36. The van der Waals surface area contributed by atoms with E-state index in [4.69, 9.17) is 5.73 Å². The lowest BCUT2D eigenvalue weighted by atomic mass is 9.97. The zero-order chi connectivity index (χ0) is 17.6. The van der Waals surface area contributed by atoms with Crippen molar-refractivity contribution in [2.75, 3.05) is 19.6 Å². The minimum absolute atomic E-state index is 0. The Morgan fingerprint density at radius 3 is 2.70 bits per heavy atom. The van der Waals surface area contributed by atoms with Crippen molar-refractivity contribution in [2.24, 2.45) is 11.7 Å². The molecule has 3 N–H and O–H groups in total. The Morgan fingerprint density at radius 1 is 1.30 bits per heavy atom. The summed E-state index contributed by atoms with van der Waals surface area (Å²) in [6.07, 6.45) is 2.36. The molecule has 7 heteroatoms. The summed E-state index contributed by atoms with van der Waals surface area (Å²) < 4.78 is 0. The van der Waals surface area contributed by atoms with Crippen LogP contribution in [0.4, 0.5) is 0 Å². The van der Waals surface area contributed by atoms with Gasteiger partial charge in [-0.05, 0) is 49.2 Å². The van der Waals surface area contributed by atoms with E-state index in [-0.39, 0.29) is 30.7 Å². The van der Waals surface area contributed by atoms with Crippen LogP contribution in [0, 0.1) is 12.8 Å². The first-order chi connectivity index (χ1) is 12.1. The topological polar surface area (TPSA) is 58.4 Å². The lowest BCUT2D eigenvalue weighted by Gasteiger charge is -2.32. The van der Waals surface area contributed by atoms with E-state index in [0.717, 1.165) is 25.2 Å². The molecule has 1 fully saturated rings. The molecule has 1 saturated heterocycles. The molecule has 0 radical (unpaired) electrons. The highest BCUT2D eigenvalue weighted by atomic mass is 35.5. The first kappa shape index (κ1) is 23.9. The minimum atomic E-state index is -0.591. The zero-order valence-corrected chi connectivity index (χ0v) is 18.0. The van der Waals surface area contributed by atoms with Crippen LogP contribution in [0.15, 0.2) is 41.8 Å². The molecule has 3 rings (SSSR count). The maximum atomic E-state index is 12.4. The fourth-order valence-corrected chi connectivity index (χ4v) is 4.11. The van der Waals surface area contributed by atoms with E-state index in [0.29, 0.717) is 12.5 Å². The molecular formula is C20H29Cl2N3OS. The molecule has 4 nitrogen and oxygen atoms in total. The Labute approximate surface area is 178 Å². The third-order valence-corrected chi connectivity index (χ3v) is 5.71. The van der Waals surface area contributed by atoms with E-state index in [2.05, 4.69) is 27.7 Å². The smallest absolute Gasteiger partial charge is 0.241 e. The molecule has 1 amide bonds. The Hall–Kier alpha value is -1.11. The van der Waals surface area contributed by atoms with E-state index in [9.17, 15) is 4.79 Å². The number of benzene rings is 1. The third kappa shape index (κ3) is 7.09. The number of nitrogens with one attached hydrogen (secondary N) is 1. The van der Waals surface area contributed by atoms with Gasteiger partial charge in [-0.25, -0.2) is 0 Å². The quantitative estimate of drug-likeness (QED) is 0.730. The van der Waals surface area contributed by atoms with E-state index in [1.807, 2.05) is 42.5 Å². The number of rotatable bonds is 6. The van der Waals surface area contributed by atoms with Gasteiger partial charge in [0.15, 0.2) is 0 Å². The van der Waals surface area contributed by atoms with Gasteiger partial charge in [-0.2, -0.15) is 0 Å². The zero-order valence-electron chi connectivity index (χ0n) is 15.6. The van der Waals surface area contributed by atoms with E-state index >= 15 is 0 Å². The summed E-state index contributed by atoms with van der Waals surface area (Å²) in [5.74, 6) is 0.419. The largest absolute Gasteiger partial charge is 0.354 e. The van der Waals surface area contributed by atoms with Crippen LogP contribution < -0.4 is 11.1 Å². The molecule has 1 aromatic carbocycles. The highest BCUT2D eigenvalue weighted by molar-refractivity contribution is 7.09. The summed E-state index contributed by atoms with van der Waals surface area (Å²) in [6.45, 7) is 5.94. The number of carbonyl (C=O) groups is 1. The van der Waals surface area contributed by atoms with Crippen molar-refractivity contribution in [3.05, 3.63) is 57.8 Å². The van der Waals surface area contributed by atoms with Gasteiger partial charge < -0.3 is 11.1 Å². The summed E-state index contributed by atoms with van der Waals surface area (Å²) in [5.41, 5.74) is 8.14. The number of hydrogen-bond acceptors (Lipinski definition) is 4. The first-order valence-corrected chi connectivity index (χ1v) is 9.84. The van der Waals surface area contributed by atoms with Gasteiger partial charge in [0.25, 0.3) is 0 Å². The second kappa shape index (κ2) is 11.7. The number of nitrogens with zero attached hydrogens (tertiary/aromatic N) is 1. The molecule has 0 saturated carbocycles. The number of aryl methyl sites for hydroxylation is 1. The van der Waals surface area contributed by atoms with Crippen molar-refractivity contribution in [1.82, 2.24) is 10.2 Å². The SMILES string of the molecule is Cc1ccc(C(N)C(=O)NCC2CCCN(Cc3cccs3)C2)cc1.Cl.Cl. The predicted octanol–water partition coefficient (Wildman–Crippen LogP) is 3.93. The summed E-state index contributed by atoms with van der Waals surface area (Å²) in [5, 5.41) is 5.19. The highest BCUT2D eigenvalue weighted by Crippen LogP contribution is 2.20. The Bertz CT molecular complexity index is 679. The lowest BCUT2D eigenvalue weighted by Crippen LogP contribution is -2.42. The number of thiophene rings is 1. The fraction of sp³-hybridized carbons (Fsp3) is 0.450. The molecule has 0 bridgehead atoms. The van der Waals surface area contributed by atoms with Gasteiger partial charge in [-0.3, -0.25) is 9.69 Å². The minimum Gasteiger partial charge on any atom is -0.354 e. The van der Waals surface area contributed by atoms with Crippen molar-refractivity contribution in [1.29, 1.82) is 0 Å². The van der Waals surface area contributed by atoms with Gasteiger partial charge in [-0.1, -0.05) is 35.9 Å². The molecule has 0 spiro atoms. The first-order valence-electron chi connectivity index (χ1n) is 8.96. The van der Waals surface area contributed by atoms with Crippen molar-refractivity contribution >= 4 is 42.1 Å².